The first-order chi connectivity index (χ1) is 11.1. The minimum absolute atomic E-state index is 0.0101. The molecule has 2 aliphatic heterocycles. The average Bonchev–Trinajstić information content (AvgIpc) is 3.16. The van der Waals surface area contributed by atoms with E-state index in [1.807, 2.05) is 0 Å². The molecular formula is C15H12Cl2O6. The molecule has 6 nitrogen and oxygen atoms in total. The van der Waals surface area contributed by atoms with Gasteiger partial charge in [-0.15, -0.1) is 0 Å². The number of aliphatic hydroxyl groups is 1. The van der Waals surface area contributed by atoms with Crippen molar-refractivity contribution in [2.45, 2.75) is 6.61 Å². The number of halogens is 2. The molecule has 0 fully saturated rings. The normalized spacial score (nSPS) is 13.5. The summed E-state index contributed by atoms with van der Waals surface area (Å²) in [6, 6.07) is 6.30. The van der Waals surface area contributed by atoms with Crippen LogP contribution in [-0.2, 0) is 6.61 Å². The van der Waals surface area contributed by atoms with Crippen molar-refractivity contribution in [3.05, 3.63) is 39.9 Å². The molecule has 0 saturated heterocycles. The Kier molecular flexibility index (Phi) is 4.56. The lowest BCUT2D eigenvalue weighted by Gasteiger charge is -2.01. The molecular weight excluding hydrogens is 347 g/mol. The third-order valence-corrected chi connectivity index (χ3v) is 3.81. The molecule has 8 heteroatoms. The van der Waals surface area contributed by atoms with Crippen LogP contribution in [0.4, 0.5) is 0 Å². The Morgan fingerprint density at radius 1 is 0.783 bits per heavy atom. The maximum Gasteiger partial charge on any atom is 0.231 e. The number of phenols is 1. The number of hydrogen-bond donors (Lipinski definition) is 2. The number of aromatic hydroxyl groups is 1. The highest BCUT2D eigenvalue weighted by atomic mass is 35.5. The minimum Gasteiger partial charge on any atom is -0.506 e. The quantitative estimate of drug-likeness (QED) is 0.813. The van der Waals surface area contributed by atoms with E-state index >= 15 is 0 Å². The number of phenolic OH excluding ortho intramolecular Hbond substituents is 1. The first-order valence-electron chi connectivity index (χ1n) is 6.55. The van der Waals surface area contributed by atoms with Crippen molar-refractivity contribution in [2.75, 3.05) is 13.6 Å². The molecule has 0 aromatic heterocycles. The van der Waals surface area contributed by atoms with Crippen LogP contribution in [0.3, 0.4) is 0 Å². The van der Waals surface area contributed by atoms with Gasteiger partial charge in [-0.25, -0.2) is 0 Å². The summed E-state index contributed by atoms with van der Waals surface area (Å²) in [5, 5.41) is 18.8. The highest BCUT2D eigenvalue weighted by Crippen LogP contribution is 2.39. The maximum absolute atomic E-state index is 9.12. The summed E-state index contributed by atoms with van der Waals surface area (Å²) in [6.07, 6.45) is 0. The number of rotatable bonds is 1. The van der Waals surface area contributed by atoms with Crippen LogP contribution < -0.4 is 18.9 Å². The second-order valence-corrected chi connectivity index (χ2v) is 5.43. The molecule has 2 heterocycles. The molecule has 2 aromatic carbocycles. The second-order valence-electron chi connectivity index (χ2n) is 4.61. The van der Waals surface area contributed by atoms with Crippen LogP contribution in [0.15, 0.2) is 24.3 Å². The summed E-state index contributed by atoms with van der Waals surface area (Å²) in [5.74, 6) is 2.40. The van der Waals surface area contributed by atoms with Crippen molar-refractivity contribution < 1.29 is 29.2 Å². The average molecular weight is 359 g/mol. The lowest BCUT2D eigenvalue weighted by Crippen LogP contribution is -1.92. The SMILES string of the molecule is OCc1cc2c(cc1Cl)OCO2.Oc1cc2c(cc1Cl)OCO2. The van der Waals surface area contributed by atoms with Gasteiger partial charge in [-0.3, -0.25) is 0 Å². The predicted octanol–water partition coefficient (Wildman–Crippen LogP) is 3.34. The van der Waals surface area contributed by atoms with Crippen LogP contribution in [0, 0.1) is 0 Å². The Bertz CT molecular complexity index is 705. The molecule has 23 heavy (non-hydrogen) atoms. The molecule has 2 aliphatic rings. The van der Waals surface area contributed by atoms with Gasteiger partial charge in [-0.1, -0.05) is 23.2 Å². The van der Waals surface area contributed by atoms with Crippen molar-refractivity contribution in [3.63, 3.8) is 0 Å². The lowest BCUT2D eigenvalue weighted by atomic mass is 10.2. The van der Waals surface area contributed by atoms with Crippen molar-refractivity contribution in [1.29, 1.82) is 0 Å². The highest BCUT2D eigenvalue weighted by Gasteiger charge is 2.16. The summed E-state index contributed by atoms with van der Waals surface area (Å²) >= 11 is 11.4. The Morgan fingerprint density at radius 3 is 1.83 bits per heavy atom. The van der Waals surface area contributed by atoms with E-state index in [0.717, 1.165) is 0 Å². The van der Waals surface area contributed by atoms with E-state index in [1.54, 1.807) is 12.1 Å². The fraction of sp³-hybridized carbons (Fsp3) is 0.200. The van der Waals surface area contributed by atoms with Crippen LogP contribution >= 0.6 is 23.2 Å². The summed E-state index contributed by atoms with van der Waals surface area (Å²) in [6.45, 7) is 0.325. The molecule has 0 amide bonds. The molecule has 0 unspecified atom stereocenters. The van der Waals surface area contributed by atoms with Gasteiger partial charge < -0.3 is 29.2 Å². The van der Waals surface area contributed by atoms with Crippen molar-refractivity contribution >= 4 is 23.2 Å². The summed E-state index contributed by atoms with van der Waals surface area (Å²) in [7, 11) is 0. The fourth-order valence-electron chi connectivity index (χ4n) is 1.99. The molecule has 0 atom stereocenters. The topological polar surface area (TPSA) is 77.4 Å². The smallest absolute Gasteiger partial charge is 0.231 e. The van der Waals surface area contributed by atoms with Crippen molar-refractivity contribution in [3.8, 4) is 28.7 Å². The number of fused-ring (bicyclic) bond motifs is 2. The van der Waals surface area contributed by atoms with Gasteiger partial charge in [0.2, 0.25) is 13.6 Å². The third kappa shape index (κ3) is 3.34. The Morgan fingerprint density at radius 2 is 1.26 bits per heavy atom. The molecule has 0 radical (unpaired) electrons. The van der Waals surface area contributed by atoms with E-state index in [9.17, 15) is 0 Å². The zero-order chi connectivity index (χ0) is 16.4. The van der Waals surface area contributed by atoms with Gasteiger partial charge in [0, 0.05) is 18.2 Å². The van der Waals surface area contributed by atoms with Gasteiger partial charge in [-0.2, -0.15) is 0 Å². The standard InChI is InChI=1S/C8H7ClO3.C7H5ClO3/c9-6-2-8-7(11-4-12-8)1-5(6)3-10;8-4-1-6-7(2-5(4)9)11-3-10-6/h1-2,10H,3-4H2;1-2,9H,3H2. The van der Waals surface area contributed by atoms with Crippen LogP contribution in [-0.4, -0.2) is 23.8 Å². The van der Waals surface area contributed by atoms with E-state index < -0.39 is 0 Å². The molecule has 2 aromatic rings. The molecule has 0 bridgehead atoms. The minimum atomic E-state index is -0.0878. The first-order valence-corrected chi connectivity index (χ1v) is 7.31. The monoisotopic (exact) mass is 358 g/mol. The summed E-state index contributed by atoms with van der Waals surface area (Å²) < 4.78 is 20.2. The Balaban J connectivity index is 0.000000136. The van der Waals surface area contributed by atoms with Crippen molar-refractivity contribution in [2.24, 2.45) is 0 Å². The van der Waals surface area contributed by atoms with E-state index in [0.29, 0.717) is 33.6 Å². The Labute approximate surface area is 141 Å². The Hall–Kier alpha value is -2.02. The molecule has 4 rings (SSSR count). The fourth-order valence-corrected chi connectivity index (χ4v) is 2.35. The van der Waals surface area contributed by atoms with Gasteiger partial charge in [0.1, 0.15) is 5.75 Å². The maximum atomic E-state index is 9.12. The van der Waals surface area contributed by atoms with Gasteiger partial charge in [0.05, 0.1) is 16.7 Å². The van der Waals surface area contributed by atoms with Gasteiger partial charge in [-0.05, 0) is 11.6 Å². The van der Waals surface area contributed by atoms with Crippen LogP contribution in [0.25, 0.3) is 0 Å². The summed E-state index contributed by atoms with van der Waals surface area (Å²) in [5.41, 5.74) is 0.654. The number of hydrogen-bond acceptors (Lipinski definition) is 6. The molecule has 0 aliphatic carbocycles. The van der Waals surface area contributed by atoms with E-state index in [1.165, 1.54) is 12.1 Å². The second kappa shape index (κ2) is 6.62. The van der Waals surface area contributed by atoms with Gasteiger partial charge in [0.15, 0.2) is 23.0 Å². The largest absolute Gasteiger partial charge is 0.506 e. The number of aliphatic hydroxyl groups excluding tert-OH is 1. The third-order valence-electron chi connectivity index (χ3n) is 3.15. The van der Waals surface area contributed by atoms with E-state index in [4.69, 9.17) is 52.4 Å². The van der Waals surface area contributed by atoms with Crippen LogP contribution in [0.5, 0.6) is 28.7 Å². The molecule has 0 saturated carbocycles. The molecule has 0 spiro atoms. The van der Waals surface area contributed by atoms with Crippen molar-refractivity contribution in [1.82, 2.24) is 0 Å². The number of ether oxygens (including phenoxy) is 4. The van der Waals surface area contributed by atoms with Crippen LogP contribution in [0.1, 0.15) is 5.56 Å². The lowest BCUT2D eigenvalue weighted by molar-refractivity contribution is 0.173. The van der Waals surface area contributed by atoms with E-state index in [-0.39, 0.29) is 31.0 Å². The van der Waals surface area contributed by atoms with Crippen LogP contribution in [0.2, 0.25) is 10.0 Å². The predicted molar refractivity (Wildman–Crippen MR) is 82.7 cm³/mol. The highest BCUT2D eigenvalue weighted by molar-refractivity contribution is 6.32. The van der Waals surface area contributed by atoms with Gasteiger partial charge in [0.25, 0.3) is 0 Å². The first kappa shape index (κ1) is 15.9. The number of benzene rings is 2. The summed E-state index contributed by atoms with van der Waals surface area (Å²) in [4.78, 5) is 0. The zero-order valence-electron chi connectivity index (χ0n) is 11.7. The zero-order valence-corrected chi connectivity index (χ0v) is 13.2. The van der Waals surface area contributed by atoms with E-state index in [2.05, 4.69) is 0 Å². The molecule has 122 valence electrons. The van der Waals surface area contributed by atoms with Gasteiger partial charge >= 0.3 is 0 Å². The molecule has 2 N–H and O–H groups in total.